The molecule has 1 aliphatic heterocycles. The molecule has 1 amide bonds. The van der Waals surface area contributed by atoms with Crippen LogP contribution in [0.25, 0.3) is 0 Å². The first-order valence-electron chi connectivity index (χ1n) is 5.96. The molecule has 1 heterocycles. The highest BCUT2D eigenvalue weighted by Crippen LogP contribution is 2.38. The first-order chi connectivity index (χ1) is 9.04. The first-order valence-corrected chi connectivity index (χ1v) is 6.34. The van der Waals surface area contributed by atoms with Gasteiger partial charge in [-0.15, -0.1) is 0 Å². The summed E-state index contributed by atoms with van der Waals surface area (Å²) >= 11 is 5.99. The number of amides is 1. The van der Waals surface area contributed by atoms with E-state index in [1.165, 1.54) is 17.9 Å². The molecule has 0 bridgehead atoms. The molecule has 5 nitrogen and oxygen atoms in total. The van der Waals surface area contributed by atoms with Crippen molar-refractivity contribution in [3.05, 3.63) is 22.7 Å². The Hall–Kier alpha value is -1.75. The van der Waals surface area contributed by atoms with Crippen molar-refractivity contribution in [3.63, 3.8) is 0 Å². The third-order valence-corrected chi connectivity index (χ3v) is 2.98. The Morgan fingerprint density at radius 3 is 2.84 bits per heavy atom. The summed E-state index contributed by atoms with van der Waals surface area (Å²) in [5.41, 5.74) is 0.754. The fourth-order valence-electron chi connectivity index (χ4n) is 1.98. The lowest BCUT2D eigenvalue weighted by molar-refractivity contribution is -0.116. The quantitative estimate of drug-likeness (QED) is 0.781. The molecule has 0 spiro atoms. The van der Waals surface area contributed by atoms with Crippen LogP contribution in [0.5, 0.6) is 5.75 Å². The fourth-order valence-corrected chi connectivity index (χ4v) is 2.19. The van der Waals surface area contributed by atoms with Gasteiger partial charge in [0.2, 0.25) is 5.91 Å². The number of hydrogen-bond acceptors (Lipinski definition) is 4. The lowest BCUT2D eigenvalue weighted by Crippen LogP contribution is -2.37. The molecule has 0 N–H and O–H groups in total. The minimum atomic E-state index is -0.508. The SMILES string of the molecule is CCOC(=O)c1cc(Cl)cc2c1OCCN2C(C)=O. The van der Waals surface area contributed by atoms with Crippen molar-refractivity contribution in [2.24, 2.45) is 0 Å². The van der Waals surface area contributed by atoms with Crippen molar-refractivity contribution < 1.29 is 19.1 Å². The number of rotatable bonds is 2. The smallest absolute Gasteiger partial charge is 0.342 e. The molecule has 0 aliphatic carbocycles. The van der Waals surface area contributed by atoms with E-state index in [0.717, 1.165) is 0 Å². The Balaban J connectivity index is 2.52. The number of nitrogens with zero attached hydrogens (tertiary/aromatic N) is 1. The zero-order valence-corrected chi connectivity index (χ0v) is 11.5. The molecule has 102 valence electrons. The van der Waals surface area contributed by atoms with Gasteiger partial charge in [0, 0.05) is 11.9 Å². The fraction of sp³-hybridized carbons (Fsp3) is 0.385. The summed E-state index contributed by atoms with van der Waals surface area (Å²) in [4.78, 5) is 25.0. The maximum Gasteiger partial charge on any atom is 0.342 e. The number of anilines is 1. The molecule has 19 heavy (non-hydrogen) atoms. The van der Waals surface area contributed by atoms with Crippen LogP contribution in [0.2, 0.25) is 5.02 Å². The zero-order valence-electron chi connectivity index (χ0n) is 10.7. The van der Waals surface area contributed by atoms with Crippen molar-refractivity contribution in [2.75, 3.05) is 24.7 Å². The normalized spacial score (nSPS) is 13.5. The van der Waals surface area contributed by atoms with Crippen LogP contribution in [0.4, 0.5) is 5.69 Å². The van der Waals surface area contributed by atoms with Crippen molar-refractivity contribution in [1.29, 1.82) is 0 Å². The van der Waals surface area contributed by atoms with E-state index >= 15 is 0 Å². The average Bonchev–Trinajstić information content (AvgIpc) is 2.37. The van der Waals surface area contributed by atoms with Crippen LogP contribution < -0.4 is 9.64 Å². The molecule has 2 rings (SSSR count). The third-order valence-electron chi connectivity index (χ3n) is 2.76. The van der Waals surface area contributed by atoms with Crippen LogP contribution in [0.1, 0.15) is 24.2 Å². The summed E-state index contributed by atoms with van der Waals surface area (Å²) in [5.74, 6) is -0.280. The van der Waals surface area contributed by atoms with Crippen LogP contribution in [0.3, 0.4) is 0 Å². The molecule has 1 aromatic rings. The summed E-state index contributed by atoms with van der Waals surface area (Å²) in [6.45, 7) is 4.21. The minimum Gasteiger partial charge on any atom is -0.489 e. The predicted octanol–water partition coefficient (Wildman–Crippen LogP) is 2.26. The number of halogens is 1. The second-order valence-electron chi connectivity index (χ2n) is 4.04. The molecule has 0 aromatic heterocycles. The van der Waals surface area contributed by atoms with Gasteiger partial charge in [0.15, 0.2) is 5.75 Å². The molecule has 0 unspecified atom stereocenters. The van der Waals surface area contributed by atoms with Gasteiger partial charge < -0.3 is 14.4 Å². The number of benzene rings is 1. The van der Waals surface area contributed by atoms with E-state index in [4.69, 9.17) is 21.1 Å². The monoisotopic (exact) mass is 283 g/mol. The van der Waals surface area contributed by atoms with Crippen molar-refractivity contribution in [1.82, 2.24) is 0 Å². The van der Waals surface area contributed by atoms with E-state index < -0.39 is 5.97 Å². The third kappa shape index (κ3) is 2.66. The van der Waals surface area contributed by atoms with E-state index in [-0.39, 0.29) is 18.1 Å². The van der Waals surface area contributed by atoms with Gasteiger partial charge in [-0.3, -0.25) is 4.79 Å². The Labute approximate surface area is 116 Å². The Morgan fingerprint density at radius 2 is 2.21 bits per heavy atom. The molecular formula is C13H14ClNO4. The molecule has 0 saturated carbocycles. The molecule has 1 aromatic carbocycles. The van der Waals surface area contributed by atoms with Gasteiger partial charge in [0.1, 0.15) is 12.2 Å². The number of ether oxygens (including phenoxy) is 2. The Bertz CT molecular complexity index is 530. The largest absolute Gasteiger partial charge is 0.489 e. The van der Waals surface area contributed by atoms with Crippen molar-refractivity contribution in [3.8, 4) is 5.75 Å². The average molecular weight is 284 g/mol. The molecule has 0 saturated heterocycles. The van der Waals surface area contributed by atoms with Gasteiger partial charge in [-0.1, -0.05) is 11.6 Å². The van der Waals surface area contributed by atoms with E-state index in [1.807, 2.05) is 0 Å². The second kappa shape index (κ2) is 5.48. The lowest BCUT2D eigenvalue weighted by atomic mass is 10.1. The summed E-state index contributed by atoms with van der Waals surface area (Å²) in [5, 5.41) is 0.360. The molecule has 6 heteroatoms. The number of fused-ring (bicyclic) bond motifs is 1. The summed E-state index contributed by atoms with van der Waals surface area (Å²) in [6, 6.07) is 3.10. The second-order valence-corrected chi connectivity index (χ2v) is 4.48. The number of carbonyl (C=O) groups excluding carboxylic acids is 2. The van der Waals surface area contributed by atoms with Gasteiger partial charge in [-0.05, 0) is 19.1 Å². The Morgan fingerprint density at radius 1 is 1.47 bits per heavy atom. The summed E-state index contributed by atoms with van der Waals surface area (Å²) in [7, 11) is 0. The molecule has 1 aliphatic rings. The number of hydrogen-bond donors (Lipinski definition) is 0. The van der Waals surface area contributed by atoms with E-state index in [9.17, 15) is 9.59 Å². The van der Waals surface area contributed by atoms with Gasteiger partial charge in [0.25, 0.3) is 0 Å². The first kappa shape index (κ1) is 13.7. The molecule has 0 atom stereocenters. The summed E-state index contributed by atoms with van der Waals surface area (Å²) in [6.07, 6.45) is 0. The minimum absolute atomic E-state index is 0.123. The van der Waals surface area contributed by atoms with E-state index in [2.05, 4.69) is 0 Å². The van der Waals surface area contributed by atoms with Crippen LogP contribution in [-0.4, -0.2) is 31.6 Å². The maximum atomic E-state index is 11.9. The van der Waals surface area contributed by atoms with E-state index in [0.29, 0.717) is 29.6 Å². The van der Waals surface area contributed by atoms with Gasteiger partial charge >= 0.3 is 5.97 Å². The van der Waals surface area contributed by atoms with Crippen LogP contribution in [-0.2, 0) is 9.53 Å². The highest BCUT2D eigenvalue weighted by Gasteiger charge is 2.27. The van der Waals surface area contributed by atoms with Gasteiger partial charge in [-0.25, -0.2) is 4.79 Å². The van der Waals surface area contributed by atoms with Crippen molar-refractivity contribution in [2.45, 2.75) is 13.8 Å². The number of esters is 1. The van der Waals surface area contributed by atoms with Gasteiger partial charge in [0.05, 0.1) is 18.8 Å². The van der Waals surface area contributed by atoms with Crippen LogP contribution in [0, 0.1) is 0 Å². The standard InChI is InChI=1S/C13H14ClNO4/c1-3-18-13(17)10-6-9(14)7-11-12(10)19-5-4-15(11)8(2)16/h6-7H,3-5H2,1-2H3. The predicted molar refractivity (Wildman–Crippen MR) is 70.9 cm³/mol. The summed E-state index contributed by atoms with van der Waals surface area (Å²) < 4.78 is 10.5. The van der Waals surface area contributed by atoms with Gasteiger partial charge in [-0.2, -0.15) is 0 Å². The van der Waals surface area contributed by atoms with E-state index in [1.54, 1.807) is 13.0 Å². The maximum absolute atomic E-state index is 11.9. The number of carbonyl (C=O) groups is 2. The highest BCUT2D eigenvalue weighted by molar-refractivity contribution is 6.31. The lowest BCUT2D eigenvalue weighted by Gasteiger charge is -2.29. The molecule has 0 fully saturated rings. The molecular weight excluding hydrogens is 270 g/mol. The van der Waals surface area contributed by atoms with Crippen LogP contribution >= 0.6 is 11.6 Å². The molecule has 0 radical (unpaired) electrons. The van der Waals surface area contributed by atoms with Crippen LogP contribution in [0.15, 0.2) is 12.1 Å². The topological polar surface area (TPSA) is 55.8 Å². The van der Waals surface area contributed by atoms with Crippen molar-refractivity contribution >= 4 is 29.2 Å². The Kier molecular flexibility index (Phi) is 3.95. The highest BCUT2D eigenvalue weighted by atomic mass is 35.5. The zero-order chi connectivity index (χ0) is 14.0.